The standard InChI is InChI=1S/C20H22N4O4/c1-20(2,19(27)28)12-24-18(26)17-16(25)8-13(10-23-17)14(9-21)11-22-15-6-4-3-5-7-15/h3-11,21-22,25H,12H2,1-2H3,(H,24,26)(H,27,28)/b14-11+,21-9?. The van der Waals surface area contributed by atoms with E-state index >= 15 is 0 Å². The number of aromatic nitrogens is 1. The number of carboxylic acid groups (broad SMARTS) is 1. The van der Waals surface area contributed by atoms with Crippen LogP contribution in [-0.2, 0) is 4.79 Å². The van der Waals surface area contributed by atoms with E-state index in [4.69, 9.17) is 10.5 Å². The molecule has 0 saturated carbocycles. The first-order valence-electron chi connectivity index (χ1n) is 8.48. The monoisotopic (exact) mass is 382 g/mol. The van der Waals surface area contributed by atoms with Crippen LogP contribution in [0.5, 0.6) is 5.75 Å². The number of benzene rings is 1. The first kappa shape index (κ1) is 20.6. The summed E-state index contributed by atoms with van der Waals surface area (Å²) in [6, 6.07) is 10.7. The lowest BCUT2D eigenvalue weighted by Gasteiger charge is -2.19. The van der Waals surface area contributed by atoms with Crippen LogP contribution in [0.2, 0.25) is 0 Å². The third-order valence-corrected chi connectivity index (χ3v) is 4.01. The molecule has 2 aromatic rings. The molecule has 0 bridgehead atoms. The van der Waals surface area contributed by atoms with E-state index in [0.717, 1.165) is 11.9 Å². The van der Waals surface area contributed by atoms with Crippen molar-refractivity contribution in [2.24, 2.45) is 5.41 Å². The number of nitrogens with one attached hydrogen (secondary N) is 3. The predicted molar refractivity (Wildman–Crippen MR) is 106 cm³/mol. The van der Waals surface area contributed by atoms with E-state index in [2.05, 4.69) is 15.6 Å². The Kier molecular flexibility index (Phi) is 6.49. The minimum atomic E-state index is -1.15. The minimum absolute atomic E-state index is 0.114. The summed E-state index contributed by atoms with van der Waals surface area (Å²) >= 11 is 0. The molecule has 0 spiro atoms. The Morgan fingerprint density at radius 3 is 2.50 bits per heavy atom. The van der Waals surface area contributed by atoms with Crippen LogP contribution in [0.4, 0.5) is 5.69 Å². The zero-order chi connectivity index (χ0) is 20.7. The highest BCUT2D eigenvalue weighted by Gasteiger charge is 2.28. The largest absolute Gasteiger partial charge is 0.505 e. The first-order valence-corrected chi connectivity index (χ1v) is 8.48. The molecule has 28 heavy (non-hydrogen) atoms. The highest BCUT2D eigenvalue weighted by Crippen LogP contribution is 2.21. The Bertz CT molecular complexity index is 908. The van der Waals surface area contributed by atoms with Crippen LogP contribution in [0.15, 0.2) is 48.8 Å². The number of carboxylic acids is 1. The number of carbonyl (C=O) groups is 2. The maximum absolute atomic E-state index is 12.2. The normalized spacial score (nSPS) is 11.6. The van der Waals surface area contributed by atoms with Gasteiger partial charge in [0.1, 0.15) is 5.75 Å². The number of pyridine rings is 1. The van der Waals surface area contributed by atoms with Crippen LogP contribution in [-0.4, -0.2) is 39.8 Å². The highest BCUT2D eigenvalue weighted by molar-refractivity contribution is 6.09. The number of rotatable bonds is 8. The lowest BCUT2D eigenvalue weighted by molar-refractivity contribution is -0.146. The third kappa shape index (κ3) is 5.16. The molecule has 0 aliphatic rings. The summed E-state index contributed by atoms with van der Waals surface area (Å²) in [5, 5.41) is 32.3. The Labute approximate surface area is 162 Å². The molecule has 1 heterocycles. The van der Waals surface area contributed by atoms with Gasteiger partial charge in [-0.15, -0.1) is 0 Å². The van der Waals surface area contributed by atoms with Gasteiger partial charge in [0.15, 0.2) is 5.69 Å². The molecule has 1 amide bonds. The van der Waals surface area contributed by atoms with Gasteiger partial charge in [0.2, 0.25) is 0 Å². The number of allylic oxidation sites excluding steroid dienone is 1. The van der Waals surface area contributed by atoms with E-state index in [-0.39, 0.29) is 18.0 Å². The van der Waals surface area contributed by atoms with Gasteiger partial charge in [-0.05, 0) is 32.0 Å². The zero-order valence-corrected chi connectivity index (χ0v) is 15.6. The average molecular weight is 382 g/mol. The van der Waals surface area contributed by atoms with Gasteiger partial charge in [-0.2, -0.15) is 0 Å². The van der Waals surface area contributed by atoms with Crippen molar-refractivity contribution in [1.82, 2.24) is 10.3 Å². The molecule has 0 unspecified atom stereocenters. The molecule has 1 aromatic heterocycles. The molecule has 0 fully saturated rings. The first-order chi connectivity index (χ1) is 13.2. The molecule has 146 valence electrons. The van der Waals surface area contributed by atoms with Gasteiger partial charge >= 0.3 is 5.97 Å². The number of aliphatic carboxylic acids is 1. The van der Waals surface area contributed by atoms with Gasteiger partial charge in [0.25, 0.3) is 5.91 Å². The number of para-hydroxylation sites is 1. The van der Waals surface area contributed by atoms with Crippen LogP contribution in [0, 0.1) is 10.8 Å². The lowest BCUT2D eigenvalue weighted by atomic mass is 9.94. The Morgan fingerprint density at radius 2 is 1.93 bits per heavy atom. The fraction of sp³-hybridized carbons (Fsp3) is 0.200. The number of nitrogens with zero attached hydrogens (tertiary/aromatic N) is 1. The number of hydrogen-bond acceptors (Lipinski definition) is 6. The number of aromatic hydroxyl groups is 1. The van der Waals surface area contributed by atoms with Crippen molar-refractivity contribution in [3.63, 3.8) is 0 Å². The van der Waals surface area contributed by atoms with Crippen LogP contribution in [0.1, 0.15) is 29.9 Å². The zero-order valence-electron chi connectivity index (χ0n) is 15.6. The smallest absolute Gasteiger partial charge is 0.310 e. The molecular formula is C20H22N4O4. The fourth-order valence-electron chi connectivity index (χ4n) is 2.15. The molecule has 0 aliphatic carbocycles. The number of hydrogen-bond donors (Lipinski definition) is 5. The predicted octanol–water partition coefficient (Wildman–Crippen LogP) is 2.73. The van der Waals surface area contributed by atoms with Crippen LogP contribution < -0.4 is 10.6 Å². The molecule has 1 aromatic carbocycles. The summed E-state index contributed by atoms with van der Waals surface area (Å²) in [6.07, 6.45) is 4.05. The maximum Gasteiger partial charge on any atom is 0.310 e. The molecule has 0 atom stereocenters. The van der Waals surface area contributed by atoms with Crippen molar-refractivity contribution in [3.05, 3.63) is 60.1 Å². The van der Waals surface area contributed by atoms with E-state index in [1.807, 2.05) is 30.3 Å². The Hall–Kier alpha value is -3.68. The van der Waals surface area contributed by atoms with Crippen LogP contribution >= 0.6 is 0 Å². The van der Waals surface area contributed by atoms with Crippen molar-refractivity contribution in [2.45, 2.75) is 13.8 Å². The van der Waals surface area contributed by atoms with Gasteiger partial charge < -0.3 is 26.3 Å². The molecule has 8 heteroatoms. The minimum Gasteiger partial charge on any atom is -0.505 e. The summed E-state index contributed by atoms with van der Waals surface area (Å²) in [6.45, 7) is 2.84. The molecule has 8 nitrogen and oxygen atoms in total. The van der Waals surface area contributed by atoms with Crippen molar-refractivity contribution in [2.75, 3.05) is 11.9 Å². The average Bonchev–Trinajstić information content (AvgIpc) is 2.67. The molecule has 5 N–H and O–H groups in total. The van der Waals surface area contributed by atoms with E-state index < -0.39 is 17.3 Å². The van der Waals surface area contributed by atoms with Gasteiger partial charge in [0.05, 0.1) is 5.41 Å². The second-order valence-corrected chi connectivity index (χ2v) is 6.72. The van der Waals surface area contributed by atoms with E-state index in [0.29, 0.717) is 11.1 Å². The summed E-state index contributed by atoms with van der Waals surface area (Å²) in [5.41, 5.74) is 0.357. The van der Waals surface area contributed by atoms with E-state index in [9.17, 15) is 14.7 Å². The van der Waals surface area contributed by atoms with Gasteiger partial charge in [-0.25, -0.2) is 4.98 Å². The van der Waals surface area contributed by atoms with Crippen molar-refractivity contribution >= 4 is 29.4 Å². The second-order valence-electron chi connectivity index (χ2n) is 6.72. The summed E-state index contributed by atoms with van der Waals surface area (Å²) < 4.78 is 0. The van der Waals surface area contributed by atoms with E-state index in [1.165, 1.54) is 26.1 Å². The number of amides is 1. The molecule has 0 aliphatic heterocycles. The Balaban J connectivity index is 2.14. The van der Waals surface area contributed by atoms with Crippen molar-refractivity contribution < 1.29 is 19.8 Å². The van der Waals surface area contributed by atoms with Crippen LogP contribution in [0.25, 0.3) is 5.57 Å². The topological polar surface area (TPSA) is 135 Å². The fourth-order valence-corrected chi connectivity index (χ4v) is 2.15. The van der Waals surface area contributed by atoms with Gasteiger partial charge in [-0.3, -0.25) is 9.59 Å². The van der Waals surface area contributed by atoms with E-state index in [1.54, 1.807) is 6.20 Å². The van der Waals surface area contributed by atoms with Gasteiger partial charge in [-0.1, -0.05) is 18.2 Å². The summed E-state index contributed by atoms with van der Waals surface area (Å²) in [4.78, 5) is 27.3. The Morgan fingerprint density at radius 1 is 1.25 bits per heavy atom. The molecule has 0 saturated heterocycles. The number of carbonyl (C=O) groups excluding carboxylic acids is 1. The molecule has 2 rings (SSSR count). The second kappa shape index (κ2) is 8.81. The quantitative estimate of drug-likeness (QED) is 0.446. The molecule has 0 radical (unpaired) electrons. The SMILES string of the molecule is CC(C)(CNC(=O)c1ncc(/C(C=N)=C/Nc2ccccc2)cc1O)C(=O)O. The number of anilines is 1. The van der Waals surface area contributed by atoms with Crippen molar-refractivity contribution in [3.8, 4) is 5.75 Å². The summed E-state index contributed by atoms with van der Waals surface area (Å²) in [7, 11) is 0. The maximum atomic E-state index is 12.2. The van der Waals surface area contributed by atoms with Crippen molar-refractivity contribution in [1.29, 1.82) is 5.41 Å². The summed E-state index contributed by atoms with van der Waals surface area (Å²) in [5.74, 6) is -2.09. The molecular weight excluding hydrogens is 360 g/mol. The lowest BCUT2D eigenvalue weighted by Crippen LogP contribution is -2.39. The highest BCUT2D eigenvalue weighted by atomic mass is 16.4. The third-order valence-electron chi connectivity index (χ3n) is 4.01. The van der Waals surface area contributed by atoms with Gasteiger partial charge in [0, 0.05) is 42.0 Å². The van der Waals surface area contributed by atoms with Crippen LogP contribution in [0.3, 0.4) is 0 Å².